The molecule has 0 aliphatic carbocycles. The molecule has 1 aliphatic rings. The number of rotatable bonds is 7. The largest absolute Gasteiger partial charge is 0.467 e. The summed E-state index contributed by atoms with van der Waals surface area (Å²) in [6.45, 7) is 6.28. The van der Waals surface area contributed by atoms with E-state index >= 15 is 0 Å². The summed E-state index contributed by atoms with van der Waals surface area (Å²) in [5, 5.41) is 2.92. The number of methoxy groups -OCH3 is 1. The lowest BCUT2D eigenvalue weighted by Gasteiger charge is -2.28. The first-order valence-electron chi connectivity index (χ1n) is 11.8. The second kappa shape index (κ2) is 10.1. The van der Waals surface area contributed by atoms with Crippen LogP contribution in [-0.4, -0.2) is 35.8 Å². The summed E-state index contributed by atoms with van der Waals surface area (Å²) in [5.74, 6) is -0.786. The molecule has 0 unspecified atom stereocenters. The van der Waals surface area contributed by atoms with Gasteiger partial charge in [0.1, 0.15) is 6.04 Å². The van der Waals surface area contributed by atoms with E-state index in [0.717, 1.165) is 23.1 Å². The van der Waals surface area contributed by atoms with Gasteiger partial charge in [0.05, 0.1) is 7.11 Å². The molecular formula is C29H30N2O4. The quantitative estimate of drug-likeness (QED) is 0.474. The number of hydrogen-bond acceptors (Lipinski definition) is 4. The topological polar surface area (TPSA) is 75.7 Å². The van der Waals surface area contributed by atoms with Gasteiger partial charge in [-0.1, -0.05) is 57.2 Å². The van der Waals surface area contributed by atoms with Gasteiger partial charge in [-0.05, 0) is 64.9 Å². The fraction of sp³-hybridized carbons (Fsp3) is 0.276. The summed E-state index contributed by atoms with van der Waals surface area (Å²) in [6, 6.07) is 20.3. The molecule has 35 heavy (non-hydrogen) atoms. The van der Waals surface area contributed by atoms with Crippen LogP contribution < -0.4 is 5.32 Å². The molecule has 1 N–H and O–H groups in total. The monoisotopic (exact) mass is 470 g/mol. The number of fused-ring (bicyclic) bond motifs is 1. The third kappa shape index (κ3) is 4.97. The van der Waals surface area contributed by atoms with Gasteiger partial charge in [-0.2, -0.15) is 0 Å². The molecule has 0 aromatic heterocycles. The average Bonchev–Trinajstić information content (AvgIpc) is 3.19. The molecule has 6 heteroatoms. The average molecular weight is 471 g/mol. The van der Waals surface area contributed by atoms with Crippen LogP contribution >= 0.6 is 0 Å². The highest BCUT2D eigenvalue weighted by molar-refractivity contribution is 6.04. The van der Waals surface area contributed by atoms with Crippen molar-refractivity contribution in [2.45, 2.75) is 39.8 Å². The zero-order valence-corrected chi connectivity index (χ0v) is 20.5. The van der Waals surface area contributed by atoms with Gasteiger partial charge in [-0.3, -0.25) is 9.59 Å². The van der Waals surface area contributed by atoms with Crippen LogP contribution in [0.1, 0.15) is 52.6 Å². The normalized spacial score (nSPS) is 13.5. The van der Waals surface area contributed by atoms with E-state index in [1.807, 2.05) is 80.6 Å². The molecule has 1 heterocycles. The first kappa shape index (κ1) is 24.2. The number of esters is 1. The van der Waals surface area contributed by atoms with Crippen LogP contribution in [0.3, 0.4) is 0 Å². The SMILES string of the molecule is CCc1ccc(C(=O)Nc2ccc(-c3ccc4c(c3)C(=O)N([C@H](C(=O)OC)C(C)C)C4)cc2)cc1. The molecule has 0 bridgehead atoms. The smallest absolute Gasteiger partial charge is 0.328 e. The molecule has 180 valence electrons. The van der Waals surface area contributed by atoms with Gasteiger partial charge >= 0.3 is 5.97 Å². The first-order chi connectivity index (χ1) is 16.8. The van der Waals surface area contributed by atoms with Gasteiger partial charge < -0.3 is 15.0 Å². The highest BCUT2D eigenvalue weighted by Gasteiger charge is 2.38. The maximum absolute atomic E-state index is 13.2. The highest BCUT2D eigenvalue weighted by Crippen LogP contribution is 2.32. The van der Waals surface area contributed by atoms with Gasteiger partial charge in [-0.15, -0.1) is 0 Å². The molecule has 4 rings (SSSR count). The Kier molecular flexibility index (Phi) is 7.01. The van der Waals surface area contributed by atoms with E-state index in [0.29, 0.717) is 23.4 Å². The van der Waals surface area contributed by atoms with E-state index in [2.05, 4.69) is 12.2 Å². The van der Waals surface area contributed by atoms with Crippen LogP contribution in [0, 0.1) is 5.92 Å². The summed E-state index contributed by atoms with van der Waals surface area (Å²) in [4.78, 5) is 39.6. The second-order valence-electron chi connectivity index (χ2n) is 9.10. The first-order valence-corrected chi connectivity index (χ1v) is 11.8. The number of nitrogens with zero attached hydrogens (tertiary/aromatic N) is 1. The number of hydrogen-bond donors (Lipinski definition) is 1. The Morgan fingerprint density at radius 3 is 2.23 bits per heavy atom. The third-order valence-electron chi connectivity index (χ3n) is 6.45. The Labute approximate surface area is 205 Å². The van der Waals surface area contributed by atoms with E-state index in [-0.39, 0.29) is 17.7 Å². The third-order valence-corrected chi connectivity index (χ3v) is 6.45. The number of anilines is 1. The zero-order chi connectivity index (χ0) is 25.1. The Hall–Kier alpha value is -3.93. The number of carbonyl (C=O) groups is 3. The fourth-order valence-electron chi connectivity index (χ4n) is 4.45. The summed E-state index contributed by atoms with van der Waals surface area (Å²) in [6.07, 6.45) is 0.930. The van der Waals surface area contributed by atoms with Crippen molar-refractivity contribution in [3.05, 3.63) is 89.0 Å². The summed E-state index contributed by atoms with van der Waals surface area (Å²) in [5.41, 5.74) is 5.81. The number of carbonyl (C=O) groups excluding carboxylic acids is 3. The van der Waals surface area contributed by atoms with E-state index in [1.54, 1.807) is 4.90 Å². The number of ether oxygens (including phenoxy) is 1. The molecule has 0 saturated heterocycles. The number of aryl methyl sites for hydroxylation is 1. The standard InChI is InChI=1S/C29H30N2O4/c1-5-19-6-8-21(9-7-19)27(32)30-24-14-12-20(13-15-24)22-10-11-23-17-31(28(33)25(23)16-22)26(18(2)3)29(34)35-4/h6-16,18,26H,5,17H2,1-4H3,(H,30,32)/t26-/m0/s1. The molecule has 0 spiro atoms. The molecular weight excluding hydrogens is 440 g/mol. The lowest BCUT2D eigenvalue weighted by atomic mass is 10.00. The Bertz CT molecular complexity index is 1250. The Balaban J connectivity index is 1.50. The minimum atomic E-state index is -0.621. The van der Waals surface area contributed by atoms with Crippen molar-refractivity contribution in [2.24, 2.45) is 5.92 Å². The van der Waals surface area contributed by atoms with Gasteiger partial charge in [0, 0.05) is 23.4 Å². The highest BCUT2D eigenvalue weighted by atomic mass is 16.5. The zero-order valence-electron chi connectivity index (χ0n) is 20.5. The minimum absolute atomic E-state index is 0.0625. The summed E-state index contributed by atoms with van der Waals surface area (Å²) in [7, 11) is 1.34. The van der Waals surface area contributed by atoms with Gasteiger partial charge in [-0.25, -0.2) is 4.79 Å². The summed E-state index contributed by atoms with van der Waals surface area (Å²) >= 11 is 0. The van der Waals surface area contributed by atoms with Crippen molar-refractivity contribution in [3.8, 4) is 11.1 Å². The van der Waals surface area contributed by atoms with Crippen molar-refractivity contribution in [1.82, 2.24) is 4.90 Å². The van der Waals surface area contributed by atoms with Crippen LogP contribution in [0.25, 0.3) is 11.1 Å². The molecule has 3 aromatic carbocycles. The van der Waals surface area contributed by atoms with Crippen LogP contribution in [0.2, 0.25) is 0 Å². The molecule has 6 nitrogen and oxygen atoms in total. The Morgan fingerprint density at radius 2 is 1.63 bits per heavy atom. The van der Waals surface area contributed by atoms with Crippen LogP contribution in [-0.2, 0) is 22.5 Å². The molecule has 1 aliphatic heterocycles. The van der Waals surface area contributed by atoms with Gasteiger partial charge in [0.2, 0.25) is 0 Å². The van der Waals surface area contributed by atoms with Crippen molar-refractivity contribution >= 4 is 23.5 Å². The molecule has 0 radical (unpaired) electrons. The number of amides is 2. The van der Waals surface area contributed by atoms with Crippen molar-refractivity contribution < 1.29 is 19.1 Å². The van der Waals surface area contributed by atoms with Gasteiger partial charge in [0.25, 0.3) is 11.8 Å². The van der Waals surface area contributed by atoms with Crippen LogP contribution in [0.15, 0.2) is 66.7 Å². The van der Waals surface area contributed by atoms with E-state index in [4.69, 9.17) is 4.74 Å². The molecule has 0 saturated carbocycles. The van der Waals surface area contributed by atoms with E-state index in [1.165, 1.54) is 12.7 Å². The molecule has 0 fully saturated rings. The van der Waals surface area contributed by atoms with E-state index in [9.17, 15) is 14.4 Å². The van der Waals surface area contributed by atoms with Crippen LogP contribution in [0.5, 0.6) is 0 Å². The number of benzene rings is 3. The molecule has 3 aromatic rings. The van der Waals surface area contributed by atoms with Crippen molar-refractivity contribution in [1.29, 1.82) is 0 Å². The maximum atomic E-state index is 13.2. The van der Waals surface area contributed by atoms with E-state index < -0.39 is 12.0 Å². The van der Waals surface area contributed by atoms with Crippen molar-refractivity contribution in [3.63, 3.8) is 0 Å². The Morgan fingerprint density at radius 1 is 0.971 bits per heavy atom. The predicted octanol–water partition coefficient (Wildman–Crippen LogP) is 5.32. The van der Waals surface area contributed by atoms with Gasteiger partial charge in [0.15, 0.2) is 0 Å². The summed E-state index contributed by atoms with van der Waals surface area (Å²) < 4.78 is 4.94. The molecule has 2 amide bonds. The lowest BCUT2D eigenvalue weighted by molar-refractivity contribution is -0.147. The fourth-order valence-corrected chi connectivity index (χ4v) is 4.45. The predicted molar refractivity (Wildman–Crippen MR) is 136 cm³/mol. The number of nitrogens with one attached hydrogen (secondary N) is 1. The second-order valence-corrected chi connectivity index (χ2v) is 9.10. The molecule has 1 atom stereocenters. The van der Waals surface area contributed by atoms with Crippen molar-refractivity contribution in [2.75, 3.05) is 12.4 Å². The maximum Gasteiger partial charge on any atom is 0.328 e. The lowest BCUT2D eigenvalue weighted by Crippen LogP contribution is -2.45. The minimum Gasteiger partial charge on any atom is -0.467 e. The van der Waals surface area contributed by atoms with Crippen LogP contribution in [0.4, 0.5) is 5.69 Å².